The van der Waals surface area contributed by atoms with E-state index in [1.54, 1.807) is 7.11 Å². The molecule has 0 bridgehead atoms. The molecule has 1 aliphatic rings. The highest BCUT2D eigenvalue weighted by Crippen LogP contribution is 2.61. The van der Waals surface area contributed by atoms with E-state index in [9.17, 15) is 0 Å². The van der Waals surface area contributed by atoms with Gasteiger partial charge >= 0.3 is 0 Å². The molecular formula is C28H23O3P. The Bertz CT molecular complexity index is 1260. The fraction of sp³-hybridized carbons (Fsp3) is 0.0714. The standard InChI is InChI=1S/C28H23O3P/c1-30-22-17-18-26-25(19-22)28(20-27(31-26)21-11-5-2-6-12-21)32(29,23-13-7-3-8-14-23)24-15-9-4-10-16-24/h2-20,28H,1H3. The summed E-state index contributed by atoms with van der Waals surface area (Å²) in [5, 5.41) is 1.63. The molecule has 0 aliphatic carbocycles. The Hall–Kier alpha value is -3.55. The van der Waals surface area contributed by atoms with E-state index in [0.29, 0.717) is 17.3 Å². The number of ether oxygens (including phenoxy) is 2. The minimum Gasteiger partial charge on any atom is -0.497 e. The van der Waals surface area contributed by atoms with Crippen molar-refractivity contribution in [2.75, 3.05) is 7.11 Å². The zero-order chi connectivity index (χ0) is 22.0. The van der Waals surface area contributed by atoms with Crippen molar-refractivity contribution in [2.24, 2.45) is 0 Å². The highest BCUT2D eigenvalue weighted by Gasteiger charge is 2.40. The van der Waals surface area contributed by atoms with Crippen molar-refractivity contribution in [1.82, 2.24) is 0 Å². The first-order chi connectivity index (χ1) is 15.7. The Morgan fingerprint density at radius 2 is 1.31 bits per heavy atom. The molecule has 1 aliphatic heterocycles. The third-order valence-electron chi connectivity index (χ3n) is 5.79. The number of rotatable bonds is 5. The van der Waals surface area contributed by atoms with Crippen molar-refractivity contribution < 1.29 is 14.0 Å². The molecule has 0 saturated carbocycles. The molecule has 3 nitrogen and oxygen atoms in total. The summed E-state index contributed by atoms with van der Waals surface area (Å²) in [4.78, 5) is 0. The fourth-order valence-corrected chi connectivity index (χ4v) is 7.30. The number of hydrogen-bond donors (Lipinski definition) is 0. The normalized spacial score (nSPS) is 15.3. The van der Waals surface area contributed by atoms with Crippen molar-refractivity contribution in [3.8, 4) is 11.5 Å². The summed E-state index contributed by atoms with van der Waals surface area (Å²) in [6.07, 6.45) is 2.01. The maximum absolute atomic E-state index is 15.2. The number of methoxy groups -OCH3 is 1. The fourth-order valence-electron chi connectivity index (χ4n) is 4.19. The van der Waals surface area contributed by atoms with E-state index in [-0.39, 0.29) is 0 Å². The average molecular weight is 438 g/mol. The van der Waals surface area contributed by atoms with Crippen LogP contribution in [0.3, 0.4) is 0 Å². The van der Waals surface area contributed by atoms with Gasteiger partial charge in [0.05, 0.1) is 12.8 Å². The van der Waals surface area contributed by atoms with Gasteiger partial charge in [-0.25, -0.2) is 0 Å². The summed E-state index contributed by atoms with van der Waals surface area (Å²) < 4.78 is 27.0. The lowest BCUT2D eigenvalue weighted by atomic mass is 10.0. The lowest BCUT2D eigenvalue weighted by Gasteiger charge is -2.32. The zero-order valence-corrected chi connectivity index (χ0v) is 18.6. The predicted octanol–water partition coefficient (Wildman–Crippen LogP) is 6.18. The first-order valence-corrected chi connectivity index (χ1v) is 12.3. The van der Waals surface area contributed by atoms with E-state index in [1.165, 1.54) is 0 Å². The van der Waals surface area contributed by atoms with Gasteiger partial charge in [0.15, 0.2) is 7.14 Å². The summed E-state index contributed by atoms with van der Waals surface area (Å²) in [7, 11) is -1.49. The quantitative estimate of drug-likeness (QED) is 0.349. The molecule has 32 heavy (non-hydrogen) atoms. The second-order valence-electron chi connectivity index (χ2n) is 7.68. The molecule has 1 atom stereocenters. The van der Waals surface area contributed by atoms with Crippen molar-refractivity contribution in [3.63, 3.8) is 0 Å². The second-order valence-corrected chi connectivity index (χ2v) is 10.6. The summed E-state index contributed by atoms with van der Waals surface area (Å²) in [6.45, 7) is 0. The topological polar surface area (TPSA) is 35.5 Å². The molecule has 1 heterocycles. The zero-order valence-electron chi connectivity index (χ0n) is 17.7. The van der Waals surface area contributed by atoms with E-state index in [0.717, 1.165) is 21.7 Å². The summed E-state index contributed by atoms with van der Waals surface area (Å²) in [5.74, 6) is 2.12. The van der Waals surface area contributed by atoms with Gasteiger partial charge in [-0.2, -0.15) is 0 Å². The average Bonchev–Trinajstić information content (AvgIpc) is 2.88. The van der Waals surface area contributed by atoms with Gasteiger partial charge in [0, 0.05) is 21.7 Å². The minimum absolute atomic E-state index is 0.402. The van der Waals surface area contributed by atoms with Crippen molar-refractivity contribution >= 4 is 23.5 Å². The van der Waals surface area contributed by atoms with E-state index in [4.69, 9.17) is 9.47 Å². The molecule has 0 N–H and O–H groups in total. The van der Waals surface area contributed by atoms with Crippen molar-refractivity contribution in [2.45, 2.75) is 5.66 Å². The summed E-state index contributed by atoms with van der Waals surface area (Å²) >= 11 is 0. The SMILES string of the molecule is COc1ccc2c(c1)C(P(=O)(c1ccccc1)c1ccccc1)C=C(c1ccccc1)O2. The van der Waals surface area contributed by atoms with Gasteiger partial charge < -0.3 is 14.0 Å². The van der Waals surface area contributed by atoms with Crippen molar-refractivity contribution in [3.05, 3.63) is 126 Å². The van der Waals surface area contributed by atoms with E-state index in [2.05, 4.69) is 0 Å². The lowest BCUT2D eigenvalue weighted by molar-refractivity contribution is 0.412. The molecule has 5 rings (SSSR count). The van der Waals surface area contributed by atoms with Crippen LogP contribution >= 0.6 is 7.14 Å². The number of hydrogen-bond acceptors (Lipinski definition) is 3. The Labute approximate surface area is 188 Å². The third kappa shape index (κ3) is 3.55. The molecule has 4 heteroatoms. The smallest absolute Gasteiger partial charge is 0.154 e. The Morgan fingerprint density at radius 3 is 1.88 bits per heavy atom. The summed E-state index contributed by atoms with van der Waals surface area (Å²) in [6, 6.07) is 35.2. The predicted molar refractivity (Wildman–Crippen MR) is 131 cm³/mol. The van der Waals surface area contributed by atoms with Crippen LogP contribution in [0.5, 0.6) is 11.5 Å². The van der Waals surface area contributed by atoms with Gasteiger partial charge in [-0.05, 0) is 24.3 Å². The lowest BCUT2D eigenvalue weighted by Crippen LogP contribution is -2.23. The van der Waals surface area contributed by atoms with Gasteiger partial charge in [0.1, 0.15) is 17.3 Å². The monoisotopic (exact) mass is 438 g/mol. The molecule has 4 aromatic carbocycles. The minimum atomic E-state index is -3.13. The summed E-state index contributed by atoms with van der Waals surface area (Å²) in [5.41, 5.74) is 1.41. The van der Waals surface area contributed by atoms with Crippen LogP contribution in [-0.2, 0) is 4.57 Å². The highest BCUT2D eigenvalue weighted by molar-refractivity contribution is 7.79. The van der Waals surface area contributed by atoms with Gasteiger partial charge in [-0.3, -0.25) is 0 Å². The van der Waals surface area contributed by atoms with E-state index < -0.39 is 12.8 Å². The maximum atomic E-state index is 15.2. The maximum Gasteiger partial charge on any atom is 0.154 e. The number of allylic oxidation sites excluding steroid dienone is 1. The second kappa shape index (κ2) is 8.53. The Morgan fingerprint density at radius 1 is 0.750 bits per heavy atom. The number of fused-ring (bicyclic) bond motifs is 1. The first-order valence-electron chi connectivity index (χ1n) is 10.5. The molecule has 0 saturated heterocycles. The molecule has 0 fully saturated rings. The van der Waals surface area contributed by atoms with Crippen LogP contribution in [0.1, 0.15) is 16.8 Å². The van der Waals surface area contributed by atoms with Crippen LogP contribution in [0.4, 0.5) is 0 Å². The molecular weight excluding hydrogens is 415 g/mol. The van der Waals surface area contributed by atoms with Gasteiger partial charge in [0.2, 0.25) is 0 Å². The Kier molecular flexibility index (Phi) is 5.43. The molecule has 0 aromatic heterocycles. The van der Waals surface area contributed by atoms with Crippen LogP contribution < -0.4 is 20.1 Å². The highest BCUT2D eigenvalue weighted by atomic mass is 31.2. The first kappa shape index (κ1) is 20.4. The van der Waals surface area contributed by atoms with E-state index >= 15 is 4.57 Å². The molecule has 0 spiro atoms. The molecule has 0 radical (unpaired) electrons. The van der Waals surface area contributed by atoms with Gasteiger partial charge in [0.25, 0.3) is 0 Å². The molecule has 4 aromatic rings. The van der Waals surface area contributed by atoms with Crippen LogP contribution in [-0.4, -0.2) is 7.11 Å². The van der Waals surface area contributed by atoms with Crippen LogP contribution in [0.25, 0.3) is 5.76 Å². The Balaban J connectivity index is 1.79. The van der Waals surface area contributed by atoms with Gasteiger partial charge in [-0.1, -0.05) is 91.0 Å². The molecule has 0 amide bonds. The third-order valence-corrected chi connectivity index (χ3v) is 9.14. The molecule has 1 unspecified atom stereocenters. The largest absolute Gasteiger partial charge is 0.497 e. The number of benzene rings is 4. The van der Waals surface area contributed by atoms with Crippen LogP contribution in [0, 0.1) is 0 Å². The van der Waals surface area contributed by atoms with Crippen LogP contribution in [0.15, 0.2) is 115 Å². The van der Waals surface area contributed by atoms with Gasteiger partial charge in [-0.15, -0.1) is 0 Å². The van der Waals surface area contributed by atoms with E-state index in [1.807, 2.05) is 115 Å². The van der Waals surface area contributed by atoms with Crippen LogP contribution in [0.2, 0.25) is 0 Å². The van der Waals surface area contributed by atoms with Crippen molar-refractivity contribution in [1.29, 1.82) is 0 Å². The molecule has 158 valence electrons.